The molecule has 3 aliphatic carbocycles. The van der Waals surface area contributed by atoms with Crippen molar-refractivity contribution in [3.8, 4) is 0 Å². The van der Waals surface area contributed by atoms with Crippen LogP contribution in [0.2, 0.25) is 0 Å². The van der Waals surface area contributed by atoms with Gasteiger partial charge in [0.25, 0.3) is 0 Å². The van der Waals surface area contributed by atoms with Gasteiger partial charge in [0.1, 0.15) is 0 Å². The molecule has 0 N–H and O–H groups in total. The molecule has 3 aliphatic rings. The van der Waals surface area contributed by atoms with Crippen LogP contribution < -0.4 is 0 Å². The maximum atomic E-state index is 12.9. The van der Waals surface area contributed by atoms with Crippen molar-refractivity contribution in [1.29, 1.82) is 0 Å². The zero-order chi connectivity index (χ0) is 29.7. The van der Waals surface area contributed by atoms with E-state index >= 15 is 0 Å². The van der Waals surface area contributed by atoms with Gasteiger partial charge in [0.05, 0.1) is 0 Å². The molecule has 2 fully saturated rings. The Morgan fingerprint density at radius 2 is 1.59 bits per heavy atom. The Labute approximate surface area is 263 Å². The van der Waals surface area contributed by atoms with Crippen LogP contribution in [-0.2, 0) is 6.42 Å². The van der Waals surface area contributed by atoms with Crippen molar-refractivity contribution < 1.29 is 22.0 Å². The van der Waals surface area contributed by atoms with Crippen LogP contribution in [0.25, 0.3) is 0 Å². The SMILES string of the molecule is Cc1ccc2c(c1)CC(CCCCCCCCCSCCCC(F)(F)C(F)(F)F)C1C2CC[C@@]2(C)C1CC[C@@H]2CI. The number of aryl methyl sites for hydroxylation is 1. The van der Waals surface area contributed by atoms with E-state index in [1.807, 2.05) is 0 Å². The summed E-state index contributed by atoms with van der Waals surface area (Å²) >= 11 is 4.14. The number of thioether (sulfide) groups is 1. The predicted octanol–water partition coefficient (Wildman–Crippen LogP) is 12.0. The van der Waals surface area contributed by atoms with Crippen LogP contribution in [-0.4, -0.2) is 28.0 Å². The largest absolute Gasteiger partial charge is 0.453 e. The molecule has 0 aromatic heterocycles. The summed E-state index contributed by atoms with van der Waals surface area (Å²) in [5.74, 6) is 0.884. The molecule has 0 amide bonds. The van der Waals surface area contributed by atoms with Gasteiger partial charge in [0, 0.05) is 10.8 Å². The van der Waals surface area contributed by atoms with E-state index < -0.39 is 18.5 Å². The highest BCUT2D eigenvalue weighted by molar-refractivity contribution is 14.1. The first kappa shape index (κ1) is 33.8. The second-order valence-corrected chi connectivity index (χ2v) is 15.7. The van der Waals surface area contributed by atoms with Gasteiger partial charge < -0.3 is 0 Å². The number of hydrogen-bond donors (Lipinski definition) is 0. The van der Waals surface area contributed by atoms with Gasteiger partial charge in [-0.3, -0.25) is 0 Å². The first-order valence-electron chi connectivity index (χ1n) is 16.2. The van der Waals surface area contributed by atoms with E-state index in [0.29, 0.717) is 11.2 Å². The van der Waals surface area contributed by atoms with Crippen molar-refractivity contribution in [1.82, 2.24) is 0 Å². The van der Waals surface area contributed by atoms with Gasteiger partial charge in [-0.25, -0.2) is 0 Å². The Hall–Kier alpha value is -0.0500. The van der Waals surface area contributed by atoms with E-state index in [-0.39, 0.29) is 6.42 Å². The third-order valence-corrected chi connectivity index (χ3v) is 13.2. The summed E-state index contributed by atoms with van der Waals surface area (Å²) in [6.45, 7) is 4.87. The van der Waals surface area contributed by atoms with E-state index in [9.17, 15) is 22.0 Å². The molecule has 0 bridgehead atoms. The number of rotatable bonds is 15. The van der Waals surface area contributed by atoms with Gasteiger partial charge >= 0.3 is 12.1 Å². The van der Waals surface area contributed by atoms with E-state index in [0.717, 1.165) is 48.2 Å². The molecule has 0 saturated heterocycles. The Morgan fingerprint density at radius 3 is 2.29 bits per heavy atom. The van der Waals surface area contributed by atoms with Gasteiger partial charge in [0.15, 0.2) is 0 Å². The van der Waals surface area contributed by atoms with Crippen LogP contribution in [0.15, 0.2) is 18.2 Å². The van der Waals surface area contributed by atoms with Crippen molar-refractivity contribution in [3.63, 3.8) is 0 Å². The third kappa shape index (κ3) is 8.16. The highest BCUT2D eigenvalue weighted by atomic mass is 127. The van der Waals surface area contributed by atoms with Crippen molar-refractivity contribution in [2.24, 2.45) is 29.1 Å². The summed E-state index contributed by atoms with van der Waals surface area (Å²) < 4.78 is 63.8. The van der Waals surface area contributed by atoms with E-state index in [1.165, 1.54) is 92.4 Å². The molecule has 234 valence electrons. The van der Waals surface area contributed by atoms with Crippen molar-refractivity contribution in [2.75, 3.05) is 15.9 Å². The maximum Gasteiger partial charge on any atom is 0.453 e. The zero-order valence-electron chi connectivity index (χ0n) is 25.0. The molecule has 41 heavy (non-hydrogen) atoms. The van der Waals surface area contributed by atoms with Gasteiger partial charge in [-0.1, -0.05) is 91.8 Å². The predicted molar refractivity (Wildman–Crippen MR) is 172 cm³/mol. The Kier molecular flexibility index (Phi) is 12.2. The highest BCUT2D eigenvalue weighted by Crippen LogP contribution is 2.64. The summed E-state index contributed by atoms with van der Waals surface area (Å²) in [5, 5.41) is 0. The van der Waals surface area contributed by atoms with Gasteiger partial charge in [-0.15, -0.1) is 0 Å². The molecule has 0 nitrogen and oxygen atoms in total. The highest BCUT2D eigenvalue weighted by Gasteiger charge is 2.57. The van der Waals surface area contributed by atoms with E-state index in [4.69, 9.17) is 0 Å². The summed E-state index contributed by atoms with van der Waals surface area (Å²) in [7, 11) is 0. The standard InChI is InChI=1S/C34H50F5IS/c1-24-12-14-28-26(21-24)22-25(31-29(28)16-18-32(2)27(23-40)13-15-30(31)32)11-8-6-4-3-5-7-9-19-41-20-10-17-33(35,36)34(37,38)39/h12,14,21,25,27,29-31H,3-11,13,15-20,22-23H2,1-2H3/t25?,27-,29?,30?,31?,32-/m1/s1. The number of fused-ring (bicyclic) bond motifs is 5. The summed E-state index contributed by atoms with van der Waals surface area (Å²) in [6.07, 6.45) is 10.1. The summed E-state index contributed by atoms with van der Waals surface area (Å²) in [6, 6.07) is 7.28. The number of benzene rings is 1. The van der Waals surface area contributed by atoms with Crippen LogP contribution in [0.4, 0.5) is 22.0 Å². The molecule has 7 heteroatoms. The van der Waals surface area contributed by atoms with Crippen LogP contribution in [0.3, 0.4) is 0 Å². The minimum Gasteiger partial charge on any atom is -0.196 e. The molecule has 1 aromatic rings. The molecule has 2 saturated carbocycles. The summed E-state index contributed by atoms with van der Waals surface area (Å²) in [5.41, 5.74) is 5.24. The molecule has 4 unspecified atom stereocenters. The van der Waals surface area contributed by atoms with Crippen LogP contribution >= 0.6 is 34.4 Å². The lowest BCUT2D eigenvalue weighted by Gasteiger charge is -2.54. The lowest BCUT2D eigenvalue weighted by molar-refractivity contribution is -0.284. The normalized spacial score (nSPS) is 29.7. The van der Waals surface area contributed by atoms with Crippen molar-refractivity contribution >= 4 is 34.4 Å². The monoisotopic (exact) mass is 712 g/mol. The number of unbranched alkanes of at least 4 members (excludes halogenated alkanes) is 6. The smallest absolute Gasteiger partial charge is 0.196 e. The first-order valence-corrected chi connectivity index (χ1v) is 18.8. The second kappa shape index (κ2) is 14.8. The lowest BCUT2D eigenvalue weighted by atomic mass is 9.51. The Morgan fingerprint density at radius 1 is 0.902 bits per heavy atom. The van der Waals surface area contributed by atoms with Gasteiger partial charge in [0.2, 0.25) is 0 Å². The minimum atomic E-state index is -5.42. The molecule has 0 heterocycles. The van der Waals surface area contributed by atoms with Crippen LogP contribution in [0.5, 0.6) is 0 Å². The van der Waals surface area contributed by atoms with E-state index in [2.05, 4.69) is 54.6 Å². The second-order valence-electron chi connectivity index (χ2n) is 13.6. The molecule has 0 aliphatic heterocycles. The third-order valence-electron chi connectivity index (χ3n) is 11.0. The van der Waals surface area contributed by atoms with Gasteiger partial charge in [-0.2, -0.15) is 33.7 Å². The molecule has 6 atom stereocenters. The summed E-state index contributed by atoms with van der Waals surface area (Å²) in [4.78, 5) is 0. The number of hydrogen-bond acceptors (Lipinski definition) is 1. The molecule has 4 rings (SSSR count). The fourth-order valence-corrected chi connectivity index (χ4v) is 11.1. The topological polar surface area (TPSA) is 0 Å². The molecule has 0 spiro atoms. The fraction of sp³-hybridized carbons (Fsp3) is 0.824. The minimum absolute atomic E-state index is 0.0934. The Balaban J connectivity index is 1.15. The van der Waals surface area contributed by atoms with Gasteiger partial charge in [-0.05, 0) is 116 Å². The quantitative estimate of drug-likeness (QED) is 0.0755. The lowest BCUT2D eigenvalue weighted by Crippen LogP contribution is -2.46. The molecular formula is C34H50F5IS. The van der Waals surface area contributed by atoms with E-state index in [1.54, 1.807) is 11.1 Å². The maximum absolute atomic E-state index is 12.9. The van der Waals surface area contributed by atoms with Crippen LogP contribution in [0, 0.1) is 36.0 Å². The molecular weight excluding hydrogens is 662 g/mol. The van der Waals surface area contributed by atoms with Crippen molar-refractivity contribution in [3.05, 3.63) is 34.9 Å². The average Bonchev–Trinajstić information content (AvgIpc) is 3.26. The van der Waals surface area contributed by atoms with Crippen LogP contribution in [0.1, 0.15) is 119 Å². The zero-order valence-corrected chi connectivity index (χ0v) is 28.0. The molecule has 0 radical (unpaired) electrons. The first-order chi connectivity index (χ1) is 19.5. The van der Waals surface area contributed by atoms with Crippen molar-refractivity contribution in [2.45, 2.75) is 128 Å². The fourth-order valence-electron chi connectivity index (χ4n) is 8.70. The number of halogens is 6. The molecule has 1 aromatic carbocycles. The average molecular weight is 713 g/mol. The Bertz CT molecular complexity index is 965. The number of alkyl halides is 6.